The summed E-state index contributed by atoms with van der Waals surface area (Å²) in [7, 11) is -3.58. The molecule has 10 heteroatoms. The largest absolute Gasteiger partial charge is 0.426 e. The van der Waals surface area contributed by atoms with Crippen molar-refractivity contribution in [3.05, 3.63) is 48.0 Å². The molecular formula is C27H35N3O5S2. The van der Waals surface area contributed by atoms with Crippen molar-refractivity contribution in [2.75, 3.05) is 26.3 Å². The third kappa shape index (κ3) is 6.73. The van der Waals surface area contributed by atoms with Crippen LogP contribution in [0.3, 0.4) is 0 Å². The maximum absolute atomic E-state index is 13.4. The van der Waals surface area contributed by atoms with E-state index in [1.54, 1.807) is 22.5 Å². The van der Waals surface area contributed by atoms with E-state index in [9.17, 15) is 13.2 Å². The maximum atomic E-state index is 13.4. The second kappa shape index (κ2) is 12.4. The highest BCUT2D eigenvalue weighted by atomic mass is 32.2. The first-order chi connectivity index (χ1) is 17.8. The van der Waals surface area contributed by atoms with Crippen molar-refractivity contribution in [2.45, 2.75) is 62.4 Å². The summed E-state index contributed by atoms with van der Waals surface area (Å²) in [6, 6.07) is 12.7. The Morgan fingerprint density at radius 2 is 2.03 bits per heavy atom. The quantitative estimate of drug-likeness (QED) is 0.143. The molecule has 37 heavy (non-hydrogen) atoms. The maximum Gasteiger partial charge on any atom is 0.308 e. The number of para-hydroxylation sites is 1. The monoisotopic (exact) mass is 545 g/mol. The molecule has 0 aliphatic carbocycles. The molecule has 4 rings (SSSR count). The summed E-state index contributed by atoms with van der Waals surface area (Å²) in [4.78, 5) is 16.6. The van der Waals surface area contributed by atoms with Gasteiger partial charge < -0.3 is 14.0 Å². The van der Waals surface area contributed by atoms with Crippen LogP contribution in [0.15, 0.2) is 52.5 Å². The minimum Gasteiger partial charge on any atom is -0.426 e. The van der Waals surface area contributed by atoms with Crippen molar-refractivity contribution in [2.24, 2.45) is 5.92 Å². The zero-order valence-corrected chi connectivity index (χ0v) is 23.3. The smallest absolute Gasteiger partial charge is 0.308 e. The molecule has 3 aromatic rings. The highest BCUT2D eigenvalue weighted by Gasteiger charge is 2.29. The molecule has 1 atom stereocenters. The van der Waals surface area contributed by atoms with Gasteiger partial charge in [0.05, 0.1) is 15.9 Å². The molecule has 1 fully saturated rings. The van der Waals surface area contributed by atoms with Gasteiger partial charge in [0.1, 0.15) is 5.75 Å². The Kier molecular flexibility index (Phi) is 9.28. The topological polar surface area (TPSA) is 90.7 Å². The van der Waals surface area contributed by atoms with Gasteiger partial charge in [-0.25, -0.2) is 13.4 Å². The third-order valence-corrected chi connectivity index (χ3v) is 9.29. The molecule has 200 valence electrons. The SMILES string of the molecule is CCOCCCn1c(SCc2ccccc2OC(C)=O)nc2cc(S(=O)(=O)N3CCCC(C)C3)ccc21. The van der Waals surface area contributed by atoms with Gasteiger partial charge in [0, 0.05) is 51.1 Å². The van der Waals surface area contributed by atoms with E-state index >= 15 is 0 Å². The van der Waals surface area contributed by atoms with Crippen molar-refractivity contribution >= 4 is 38.8 Å². The van der Waals surface area contributed by atoms with Crippen LogP contribution in [0.1, 0.15) is 45.6 Å². The minimum atomic E-state index is -3.58. The Balaban J connectivity index is 1.63. The number of piperidine rings is 1. The number of sulfonamides is 1. The van der Waals surface area contributed by atoms with Crippen molar-refractivity contribution in [1.82, 2.24) is 13.9 Å². The predicted octanol–water partition coefficient (Wildman–Crippen LogP) is 5.10. The number of thioether (sulfide) groups is 1. The molecule has 2 heterocycles. The van der Waals surface area contributed by atoms with Crippen LogP contribution in [0, 0.1) is 5.92 Å². The number of imidazole rings is 1. The predicted molar refractivity (Wildman–Crippen MR) is 145 cm³/mol. The molecule has 0 spiro atoms. The number of hydrogen-bond donors (Lipinski definition) is 0. The standard InChI is InChI=1S/C27H35N3O5S2/c1-4-34-16-8-15-30-25-13-12-23(37(32,33)29-14-7-9-20(2)18-29)17-24(25)28-27(30)36-19-22-10-5-6-11-26(22)35-21(3)31/h5-6,10-13,17,20H,4,7-9,14-16,18-19H2,1-3H3. The number of ether oxygens (including phenoxy) is 2. The van der Waals surface area contributed by atoms with Gasteiger partial charge in [0.15, 0.2) is 5.16 Å². The van der Waals surface area contributed by atoms with Gasteiger partial charge in [-0.05, 0) is 56.4 Å². The number of nitrogens with zero attached hydrogens (tertiary/aromatic N) is 3. The summed E-state index contributed by atoms with van der Waals surface area (Å²) >= 11 is 1.53. The molecule has 0 saturated carbocycles. The number of carbonyl (C=O) groups excluding carboxylic acids is 1. The van der Waals surface area contributed by atoms with Gasteiger partial charge >= 0.3 is 5.97 Å². The van der Waals surface area contributed by atoms with Crippen molar-refractivity contribution < 1.29 is 22.7 Å². The zero-order chi connectivity index (χ0) is 26.4. The molecule has 8 nitrogen and oxygen atoms in total. The summed E-state index contributed by atoms with van der Waals surface area (Å²) < 4.78 is 41.4. The Hall–Kier alpha value is -2.40. The average molecular weight is 546 g/mol. The van der Waals surface area contributed by atoms with Crippen molar-refractivity contribution in [3.8, 4) is 5.75 Å². The molecule has 1 aromatic heterocycles. The first-order valence-corrected chi connectivity index (χ1v) is 15.2. The molecule has 0 bridgehead atoms. The van der Waals surface area contributed by atoms with Crippen LogP contribution in [0.4, 0.5) is 0 Å². The number of aryl methyl sites for hydroxylation is 1. The van der Waals surface area contributed by atoms with Gasteiger partial charge in [-0.2, -0.15) is 4.31 Å². The molecule has 1 aliphatic rings. The van der Waals surface area contributed by atoms with Crippen LogP contribution in [0.2, 0.25) is 0 Å². The third-order valence-electron chi connectivity index (χ3n) is 6.40. The lowest BCUT2D eigenvalue weighted by atomic mass is 10.0. The molecular weight excluding hydrogens is 510 g/mol. The highest BCUT2D eigenvalue weighted by molar-refractivity contribution is 7.98. The van der Waals surface area contributed by atoms with E-state index in [2.05, 4.69) is 11.5 Å². The number of rotatable bonds is 11. The lowest BCUT2D eigenvalue weighted by Gasteiger charge is -2.30. The summed E-state index contributed by atoms with van der Waals surface area (Å²) in [5.74, 6) is 1.08. The molecule has 1 saturated heterocycles. The van der Waals surface area contributed by atoms with E-state index in [0.717, 1.165) is 35.5 Å². The Labute approximate surface area is 223 Å². The van der Waals surface area contributed by atoms with Crippen molar-refractivity contribution in [3.63, 3.8) is 0 Å². The molecule has 1 aliphatic heterocycles. The van der Waals surface area contributed by atoms with Gasteiger partial charge in [0.2, 0.25) is 10.0 Å². The fraction of sp³-hybridized carbons (Fsp3) is 0.481. The molecule has 2 aromatic carbocycles. The van der Waals surface area contributed by atoms with Crippen LogP contribution in [0.25, 0.3) is 11.0 Å². The number of hydrogen-bond acceptors (Lipinski definition) is 7. The first-order valence-electron chi connectivity index (χ1n) is 12.8. The van der Waals surface area contributed by atoms with E-state index in [4.69, 9.17) is 14.5 Å². The normalized spacial score (nSPS) is 16.8. The fourth-order valence-electron chi connectivity index (χ4n) is 4.58. The number of benzene rings is 2. The highest BCUT2D eigenvalue weighted by Crippen LogP contribution is 2.32. The summed E-state index contributed by atoms with van der Waals surface area (Å²) in [5, 5.41) is 0.783. The fourth-order valence-corrected chi connectivity index (χ4v) is 7.23. The molecule has 0 radical (unpaired) electrons. The number of fused-ring (bicyclic) bond motifs is 1. The first kappa shape index (κ1) is 27.6. The van der Waals surface area contributed by atoms with Crippen LogP contribution < -0.4 is 4.74 Å². The molecule has 1 unspecified atom stereocenters. The van der Waals surface area contributed by atoms with Crippen LogP contribution in [-0.2, 0) is 31.9 Å². The Morgan fingerprint density at radius 1 is 1.22 bits per heavy atom. The second-order valence-corrected chi connectivity index (χ2v) is 12.2. The van der Waals surface area contributed by atoms with Crippen LogP contribution in [-0.4, -0.2) is 54.5 Å². The zero-order valence-electron chi connectivity index (χ0n) is 21.7. The lowest BCUT2D eigenvalue weighted by Crippen LogP contribution is -2.39. The number of esters is 1. The number of aromatic nitrogens is 2. The summed E-state index contributed by atoms with van der Waals surface area (Å²) in [5.41, 5.74) is 2.43. The Bertz CT molecular complexity index is 1340. The summed E-state index contributed by atoms with van der Waals surface area (Å²) in [6.45, 7) is 8.55. The Morgan fingerprint density at radius 3 is 2.78 bits per heavy atom. The van der Waals surface area contributed by atoms with E-state index in [0.29, 0.717) is 55.8 Å². The van der Waals surface area contributed by atoms with E-state index in [1.807, 2.05) is 31.2 Å². The van der Waals surface area contributed by atoms with Gasteiger partial charge in [-0.15, -0.1) is 0 Å². The molecule has 0 N–H and O–H groups in total. The van der Waals surface area contributed by atoms with E-state index < -0.39 is 10.0 Å². The van der Waals surface area contributed by atoms with E-state index in [1.165, 1.54) is 18.7 Å². The van der Waals surface area contributed by atoms with E-state index in [-0.39, 0.29) is 10.9 Å². The van der Waals surface area contributed by atoms with Gasteiger partial charge in [-0.3, -0.25) is 4.79 Å². The summed E-state index contributed by atoms with van der Waals surface area (Å²) in [6.07, 6.45) is 2.74. The van der Waals surface area contributed by atoms with Crippen LogP contribution in [0.5, 0.6) is 5.75 Å². The van der Waals surface area contributed by atoms with Gasteiger partial charge in [-0.1, -0.05) is 36.9 Å². The number of carbonyl (C=O) groups is 1. The second-order valence-electron chi connectivity index (χ2n) is 9.35. The average Bonchev–Trinajstić information content (AvgIpc) is 3.22. The van der Waals surface area contributed by atoms with Crippen LogP contribution >= 0.6 is 11.8 Å². The lowest BCUT2D eigenvalue weighted by molar-refractivity contribution is -0.131. The van der Waals surface area contributed by atoms with Gasteiger partial charge in [0.25, 0.3) is 0 Å². The molecule has 0 amide bonds. The van der Waals surface area contributed by atoms with Crippen molar-refractivity contribution in [1.29, 1.82) is 0 Å². The minimum absolute atomic E-state index is 0.282.